The van der Waals surface area contributed by atoms with Gasteiger partial charge >= 0.3 is 5.97 Å². The molecule has 2 aromatic heterocycles. The number of hydrogen-bond acceptors (Lipinski definition) is 11. The number of nitrogen functional groups attached to an aromatic ring is 1. The molecular formula is C20H23N8O6S2+. The van der Waals surface area contributed by atoms with Crippen LogP contribution in [0.1, 0.15) is 5.69 Å². The number of oxime groups is 1. The molecule has 1 unspecified atom stereocenters. The van der Waals surface area contributed by atoms with Crippen LogP contribution in [0.25, 0.3) is 0 Å². The lowest BCUT2D eigenvalue weighted by molar-refractivity contribution is -0.768. The van der Waals surface area contributed by atoms with Gasteiger partial charge in [-0.1, -0.05) is 5.16 Å². The van der Waals surface area contributed by atoms with E-state index in [1.807, 2.05) is 10.7 Å². The van der Waals surface area contributed by atoms with Gasteiger partial charge in [0.1, 0.15) is 36.5 Å². The largest absolute Gasteiger partial charge is 0.477 e. The number of carboxylic acid groups (broad SMARTS) is 1. The number of carboxylic acids is 1. The standard InChI is InChI=1S/C20H22N8O6S2/c1-34-25-13(11-8-36-20(21)23-11)16(30)24-14-17(31)28-15(19(32)33)9(7-35-18(14)28)5-26-3-2-12-22-4-10(29)6-27(12)26/h2-3,8,10,14,18,29H,4-7H2,1H3,(H4,21,23,24,30,32,33)/p+1/t10?,14-,18-/m1/s1. The lowest BCUT2D eigenvalue weighted by atomic mass is 10.0. The van der Waals surface area contributed by atoms with Crippen LogP contribution in [-0.2, 0) is 32.3 Å². The average molecular weight is 536 g/mol. The SMILES string of the molecule is CON=C(C(=O)N[C@@H]1C(=O)N2C(C(=O)O)=C(C[n+]3ccc4n3CC(O)CN4)CS[C@H]12)c1csc(N)n1. The van der Waals surface area contributed by atoms with Crippen molar-refractivity contribution < 1.29 is 34.1 Å². The van der Waals surface area contributed by atoms with Crippen LogP contribution in [0.5, 0.6) is 0 Å². The lowest BCUT2D eigenvalue weighted by Crippen LogP contribution is -2.71. The fourth-order valence-electron chi connectivity index (χ4n) is 4.34. The number of nitrogens with zero attached hydrogens (tertiary/aromatic N) is 5. The highest BCUT2D eigenvalue weighted by molar-refractivity contribution is 8.00. The summed E-state index contributed by atoms with van der Waals surface area (Å²) < 4.78 is 3.64. The molecule has 3 aliphatic heterocycles. The van der Waals surface area contributed by atoms with Crippen molar-refractivity contribution >= 4 is 57.5 Å². The van der Waals surface area contributed by atoms with Crippen LogP contribution in [-0.4, -0.2) is 85.2 Å². The number of thioether (sulfide) groups is 1. The molecular weight excluding hydrogens is 512 g/mol. The first-order valence-corrected chi connectivity index (χ1v) is 12.8. The second-order valence-electron chi connectivity index (χ2n) is 8.23. The zero-order valence-corrected chi connectivity index (χ0v) is 20.6. The molecule has 0 spiro atoms. The molecule has 6 N–H and O–H groups in total. The van der Waals surface area contributed by atoms with Crippen LogP contribution in [0.4, 0.5) is 10.9 Å². The second kappa shape index (κ2) is 9.44. The molecule has 3 aliphatic rings. The number of anilines is 2. The fraction of sp³-hybridized carbons (Fsp3) is 0.400. The van der Waals surface area contributed by atoms with Crippen LogP contribution in [0.2, 0.25) is 0 Å². The van der Waals surface area contributed by atoms with E-state index in [1.54, 1.807) is 16.3 Å². The topological polar surface area (TPSA) is 188 Å². The number of fused-ring (bicyclic) bond motifs is 2. The summed E-state index contributed by atoms with van der Waals surface area (Å²) in [6.45, 7) is 1.03. The Morgan fingerprint density at radius 3 is 2.97 bits per heavy atom. The number of carbonyl (C=O) groups is 3. The average Bonchev–Trinajstić information content (AvgIpc) is 3.46. The van der Waals surface area contributed by atoms with Crippen molar-refractivity contribution in [1.29, 1.82) is 0 Å². The minimum Gasteiger partial charge on any atom is -0.477 e. The minimum absolute atomic E-state index is 0.0975. The Hall–Kier alpha value is -3.63. The van der Waals surface area contributed by atoms with Gasteiger partial charge in [0.15, 0.2) is 29.4 Å². The summed E-state index contributed by atoms with van der Waals surface area (Å²) in [7, 11) is 1.28. The van der Waals surface area contributed by atoms with Crippen molar-refractivity contribution in [2.24, 2.45) is 5.16 Å². The third-order valence-electron chi connectivity index (χ3n) is 5.95. The predicted molar refractivity (Wildman–Crippen MR) is 129 cm³/mol. The number of thiazole rings is 1. The van der Waals surface area contributed by atoms with Crippen LogP contribution < -0.4 is 21.0 Å². The van der Waals surface area contributed by atoms with Crippen molar-refractivity contribution in [3.8, 4) is 0 Å². The molecule has 0 bridgehead atoms. The maximum absolute atomic E-state index is 13.0. The second-order valence-corrected chi connectivity index (χ2v) is 10.2. The van der Waals surface area contributed by atoms with Crippen molar-refractivity contribution in [3.63, 3.8) is 0 Å². The van der Waals surface area contributed by atoms with E-state index in [2.05, 4.69) is 20.8 Å². The molecule has 3 atom stereocenters. The Kier molecular flexibility index (Phi) is 6.31. The number of nitrogens with one attached hydrogen (secondary N) is 2. The van der Waals surface area contributed by atoms with Crippen molar-refractivity contribution in [2.45, 2.75) is 30.6 Å². The van der Waals surface area contributed by atoms with Crippen molar-refractivity contribution in [3.05, 3.63) is 34.6 Å². The summed E-state index contributed by atoms with van der Waals surface area (Å²) in [6, 6.07) is 0.908. The van der Waals surface area contributed by atoms with E-state index in [-0.39, 0.29) is 28.8 Å². The number of aliphatic hydroxyl groups excluding tert-OH is 1. The Labute approximate surface area is 212 Å². The van der Waals surface area contributed by atoms with Crippen LogP contribution in [0.3, 0.4) is 0 Å². The zero-order valence-electron chi connectivity index (χ0n) is 18.9. The van der Waals surface area contributed by atoms with E-state index in [9.17, 15) is 24.6 Å². The van der Waals surface area contributed by atoms with Gasteiger partial charge < -0.3 is 31.4 Å². The van der Waals surface area contributed by atoms with E-state index in [0.29, 0.717) is 24.4 Å². The molecule has 1 fully saturated rings. The van der Waals surface area contributed by atoms with Crippen LogP contribution in [0, 0.1) is 0 Å². The number of aliphatic carboxylic acids is 1. The van der Waals surface area contributed by atoms with E-state index < -0.39 is 35.3 Å². The summed E-state index contributed by atoms with van der Waals surface area (Å²) in [5.74, 6) is -1.29. The highest BCUT2D eigenvalue weighted by atomic mass is 32.2. The number of carbonyl (C=O) groups excluding carboxylic acids is 2. The van der Waals surface area contributed by atoms with Gasteiger partial charge in [0.25, 0.3) is 11.8 Å². The Balaban J connectivity index is 1.35. The van der Waals surface area contributed by atoms with E-state index in [0.717, 1.165) is 17.2 Å². The number of hydrogen-bond donors (Lipinski definition) is 5. The molecule has 36 heavy (non-hydrogen) atoms. The minimum atomic E-state index is -1.22. The first-order chi connectivity index (χ1) is 17.3. The van der Waals surface area contributed by atoms with Crippen LogP contribution in [0.15, 0.2) is 34.1 Å². The summed E-state index contributed by atoms with van der Waals surface area (Å²) in [5.41, 5.74) is 6.16. The zero-order chi connectivity index (χ0) is 25.6. The summed E-state index contributed by atoms with van der Waals surface area (Å²) in [6.07, 6.45) is 1.23. The Bertz CT molecular complexity index is 1300. The number of nitrogens with two attached hydrogens (primary N) is 1. The van der Waals surface area contributed by atoms with E-state index >= 15 is 0 Å². The number of aromatic nitrogens is 3. The molecule has 16 heteroatoms. The third kappa shape index (κ3) is 4.16. The van der Waals surface area contributed by atoms with Crippen molar-refractivity contribution in [2.75, 3.05) is 30.5 Å². The van der Waals surface area contributed by atoms with Gasteiger partial charge in [0.2, 0.25) is 0 Å². The smallest absolute Gasteiger partial charge is 0.352 e. The molecule has 0 saturated carbocycles. The molecule has 14 nitrogen and oxygen atoms in total. The molecule has 0 aliphatic carbocycles. The normalized spacial score (nSPS) is 23.4. The predicted octanol–water partition coefficient (Wildman–Crippen LogP) is -1.61. The Morgan fingerprint density at radius 2 is 2.28 bits per heavy atom. The molecule has 5 rings (SSSR count). The van der Waals surface area contributed by atoms with Gasteiger partial charge in [-0.25, -0.2) is 9.78 Å². The van der Waals surface area contributed by atoms with E-state index in [1.165, 1.54) is 23.8 Å². The summed E-state index contributed by atoms with van der Waals surface area (Å²) in [4.78, 5) is 48.1. The molecule has 5 heterocycles. The molecule has 2 aromatic rings. The lowest BCUT2D eigenvalue weighted by Gasteiger charge is -2.49. The van der Waals surface area contributed by atoms with Gasteiger partial charge in [-0.05, 0) is 0 Å². The summed E-state index contributed by atoms with van der Waals surface area (Å²) in [5, 5.41) is 30.6. The Morgan fingerprint density at radius 1 is 1.47 bits per heavy atom. The maximum atomic E-state index is 13.0. The third-order valence-corrected chi connectivity index (χ3v) is 7.96. The summed E-state index contributed by atoms with van der Waals surface area (Å²) >= 11 is 2.48. The van der Waals surface area contributed by atoms with Gasteiger partial charge in [0.05, 0.1) is 12.2 Å². The maximum Gasteiger partial charge on any atom is 0.352 e. The number of β-lactam (4-membered cyclic amide) rings is 1. The molecule has 1 saturated heterocycles. The molecule has 190 valence electrons. The van der Waals surface area contributed by atoms with Crippen molar-refractivity contribution in [1.82, 2.24) is 19.9 Å². The first kappa shape index (κ1) is 24.1. The number of β-amino-alcohol motifs (C(OH)–C–C–N with tert-alkyl or cyclic N) is 1. The molecule has 2 amide bonds. The number of aliphatic hydroxyl groups is 1. The first-order valence-electron chi connectivity index (χ1n) is 10.8. The van der Waals surface area contributed by atoms with E-state index in [4.69, 9.17) is 10.6 Å². The van der Waals surface area contributed by atoms with Gasteiger partial charge in [-0.15, -0.1) is 32.5 Å². The molecule has 0 radical (unpaired) electrons. The van der Waals surface area contributed by atoms with Crippen LogP contribution >= 0.6 is 23.1 Å². The monoisotopic (exact) mass is 535 g/mol. The number of amides is 2. The highest BCUT2D eigenvalue weighted by Crippen LogP contribution is 2.40. The van der Waals surface area contributed by atoms with Gasteiger partial charge in [0, 0.05) is 23.3 Å². The number of rotatable bonds is 7. The van der Waals surface area contributed by atoms with Gasteiger partial charge in [-0.2, -0.15) is 0 Å². The quantitative estimate of drug-likeness (QED) is 0.119. The fourth-order valence-corrected chi connectivity index (χ4v) is 6.22. The van der Waals surface area contributed by atoms with Gasteiger partial charge in [-0.3, -0.25) is 14.5 Å². The molecule has 0 aromatic carbocycles. The highest BCUT2D eigenvalue weighted by Gasteiger charge is 2.55.